The average Bonchev–Trinajstić information content (AvgIpc) is 2.47. The number of pyridine rings is 1. The molecule has 1 rings (SSSR count). The Morgan fingerprint density at radius 1 is 1.35 bits per heavy atom. The fourth-order valence-electron chi connectivity index (χ4n) is 1.55. The highest BCUT2D eigenvalue weighted by atomic mass is 35.5. The van der Waals surface area contributed by atoms with Gasteiger partial charge in [-0.3, -0.25) is 14.6 Å². The molecule has 0 saturated carbocycles. The van der Waals surface area contributed by atoms with Crippen molar-refractivity contribution in [2.75, 3.05) is 33.9 Å². The van der Waals surface area contributed by atoms with Crippen LogP contribution in [0, 0.1) is 0 Å². The van der Waals surface area contributed by atoms with Crippen LogP contribution >= 0.6 is 11.6 Å². The summed E-state index contributed by atoms with van der Waals surface area (Å²) in [6.45, 7) is 0.961. The van der Waals surface area contributed by atoms with E-state index in [0.717, 1.165) is 0 Å². The van der Waals surface area contributed by atoms with Crippen LogP contribution in [0.5, 0.6) is 0 Å². The summed E-state index contributed by atoms with van der Waals surface area (Å²) < 4.78 is 9.53. The minimum atomic E-state index is -0.377. The Morgan fingerprint density at radius 3 is 2.70 bits per heavy atom. The molecule has 0 aliphatic rings. The van der Waals surface area contributed by atoms with Crippen LogP contribution in [0.15, 0.2) is 18.5 Å². The van der Waals surface area contributed by atoms with E-state index in [2.05, 4.69) is 9.72 Å². The van der Waals surface area contributed by atoms with E-state index in [1.807, 2.05) is 0 Å². The molecule has 7 heteroatoms. The summed E-state index contributed by atoms with van der Waals surface area (Å²) in [5, 5.41) is 0.325. The predicted octanol–water partition coefficient (Wildman–Crippen LogP) is 1.39. The number of methoxy groups -OCH3 is 2. The van der Waals surface area contributed by atoms with Crippen molar-refractivity contribution in [1.29, 1.82) is 0 Å². The number of halogens is 1. The van der Waals surface area contributed by atoms with Crippen LogP contribution in [-0.4, -0.2) is 55.7 Å². The highest BCUT2D eigenvalue weighted by Crippen LogP contribution is 2.16. The molecule has 0 N–H and O–H groups in total. The van der Waals surface area contributed by atoms with Crippen LogP contribution in [0.4, 0.5) is 0 Å². The Labute approximate surface area is 122 Å². The fraction of sp³-hybridized carbons (Fsp3) is 0.462. The third kappa shape index (κ3) is 4.79. The smallest absolute Gasteiger partial charge is 0.307 e. The minimum absolute atomic E-state index is 0.115. The van der Waals surface area contributed by atoms with Gasteiger partial charge in [0.25, 0.3) is 5.91 Å². The normalized spacial score (nSPS) is 10.2. The van der Waals surface area contributed by atoms with Gasteiger partial charge in [-0.1, -0.05) is 11.6 Å². The number of carbonyl (C=O) groups is 2. The third-order valence-corrected chi connectivity index (χ3v) is 2.99. The zero-order chi connectivity index (χ0) is 15.0. The molecule has 0 aliphatic heterocycles. The van der Waals surface area contributed by atoms with Crippen LogP contribution in [0.3, 0.4) is 0 Å². The topological polar surface area (TPSA) is 68.7 Å². The van der Waals surface area contributed by atoms with Crippen molar-refractivity contribution in [2.45, 2.75) is 6.42 Å². The maximum absolute atomic E-state index is 12.4. The molecule has 1 aromatic heterocycles. The number of esters is 1. The molecular formula is C13H17ClN2O4. The number of nitrogens with zero attached hydrogens (tertiary/aromatic N) is 2. The molecule has 20 heavy (non-hydrogen) atoms. The lowest BCUT2D eigenvalue weighted by molar-refractivity contribution is -0.140. The SMILES string of the molecule is COCCN(CCC(=O)OC)C(=O)c1cnccc1Cl. The summed E-state index contributed by atoms with van der Waals surface area (Å²) in [5.74, 6) is -0.665. The molecule has 6 nitrogen and oxygen atoms in total. The van der Waals surface area contributed by atoms with Gasteiger partial charge in [0.2, 0.25) is 0 Å². The summed E-state index contributed by atoms with van der Waals surface area (Å²) >= 11 is 5.98. The van der Waals surface area contributed by atoms with Gasteiger partial charge in [0.05, 0.1) is 30.7 Å². The Bertz CT molecular complexity index is 467. The van der Waals surface area contributed by atoms with E-state index in [1.165, 1.54) is 24.4 Å². The first-order valence-electron chi connectivity index (χ1n) is 6.04. The molecule has 0 atom stereocenters. The zero-order valence-electron chi connectivity index (χ0n) is 11.5. The minimum Gasteiger partial charge on any atom is -0.469 e. The van der Waals surface area contributed by atoms with E-state index >= 15 is 0 Å². The molecule has 0 spiro atoms. The predicted molar refractivity (Wildman–Crippen MR) is 73.7 cm³/mol. The Kier molecular flexibility index (Phi) is 6.97. The molecule has 0 aromatic carbocycles. The van der Waals surface area contributed by atoms with Gasteiger partial charge in [0.15, 0.2) is 0 Å². The molecular weight excluding hydrogens is 284 g/mol. The molecule has 0 unspecified atom stereocenters. The highest BCUT2D eigenvalue weighted by molar-refractivity contribution is 6.33. The molecule has 1 amide bonds. The quantitative estimate of drug-likeness (QED) is 0.712. The Morgan fingerprint density at radius 2 is 2.10 bits per heavy atom. The average molecular weight is 301 g/mol. The number of rotatable bonds is 7. The van der Waals surface area contributed by atoms with E-state index in [1.54, 1.807) is 13.2 Å². The third-order valence-electron chi connectivity index (χ3n) is 2.66. The first kappa shape index (κ1) is 16.4. The monoisotopic (exact) mass is 300 g/mol. The van der Waals surface area contributed by atoms with Crippen LogP contribution in [-0.2, 0) is 14.3 Å². The second-order valence-electron chi connectivity index (χ2n) is 3.97. The van der Waals surface area contributed by atoms with Crippen molar-refractivity contribution in [2.24, 2.45) is 0 Å². The number of carbonyl (C=O) groups excluding carboxylic acids is 2. The standard InChI is InChI=1S/C13H17ClN2O4/c1-19-8-7-16(6-4-12(17)20-2)13(18)10-9-15-5-3-11(10)14/h3,5,9H,4,6-8H2,1-2H3. The van der Waals surface area contributed by atoms with Crippen molar-refractivity contribution in [3.63, 3.8) is 0 Å². The van der Waals surface area contributed by atoms with Gasteiger partial charge in [0, 0.05) is 32.6 Å². The molecule has 110 valence electrons. The number of aromatic nitrogens is 1. The number of hydrogen-bond acceptors (Lipinski definition) is 5. The van der Waals surface area contributed by atoms with Crippen LogP contribution in [0.25, 0.3) is 0 Å². The van der Waals surface area contributed by atoms with Crippen LogP contribution < -0.4 is 0 Å². The molecule has 0 aliphatic carbocycles. The van der Waals surface area contributed by atoms with Crippen molar-refractivity contribution in [1.82, 2.24) is 9.88 Å². The molecule has 1 aromatic rings. The van der Waals surface area contributed by atoms with E-state index in [-0.39, 0.29) is 24.8 Å². The largest absolute Gasteiger partial charge is 0.469 e. The fourth-order valence-corrected chi connectivity index (χ4v) is 1.74. The maximum atomic E-state index is 12.4. The molecule has 0 radical (unpaired) electrons. The number of amides is 1. The first-order valence-corrected chi connectivity index (χ1v) is 6.42. The van der Waals surface area contributed by atoms with E-state index < -0.39 is 0 Å². The van der Waals surface area contributed by atoms with Gasteiger partial charge >= 0.3 is 5.97 Å². The second kappa shape index (κ2) is 8.50. The Hall–Kier alpha value is -1.66. The van der Waals surface area contributed by atoms with Crippen molar-refractivity contribution >= 4 is 23.5 Å². The molecule has 0 saturated heterocycles. The zero-order valence-corrected chi connectivity index (χ0v) is 12.2. The van der Waals surface area contributed by atoms with E-state index in [9.17, 15) is 9.59 Å². The van der Waals surface area contributed by atoms with Crippen molar-refractivity contribution in [3.05, 3.63) is 29.0 Å². The van der Waals surface area contributed by atoms with Crippen LogP contribution in [0.2, 0.25) is 5.02 Å². The summed E-state index contributed by atoms with van der Waals surface area (Å²) in [5.41, 5.74) is 0.301. The van der Waals surface area contributed by atoms with Gasteiger partial charge in [0.1, 0.15) is 0 Å². The van der Waals surface area contributed by atoms with E-state index in [4.69, 9.17) is 16.3 Å². The van der Waals surface area contributed by atoms with Crippen LogP contribution in [0.1, 0.15) is 16.8 Å². The molecule has 0 bridgehead atoms. The molecule has 0 fully saturated rings. The summed E-state index contributed by atoms with van der Waals surface area (Å²) in [6.07, 6.45) is 3.03. The Balaban J connectivity index is 2.78. The van der Waals surface area contributed by atoms with Gasteiger partial charge in [-0.05, 0) is 6.07 Å². The lowest BCUT2D eigenvalue weighted by atomic mass is 10.2. The number of ether oxygens (including phenoxy) is 2. The van der Waals surface area contributed by atoms with Gasteiger partial charge in [-0.15, -0.1) is 0 Å². The lowest BCUT2D eigenvalue weighted by Crippen LogP contribution is -2.36. The summed E-state index contributed by atoms with van der Waals surface area (Å²) in [7, 11) is 2.85. The second-order valence-corrected chi connectivity index (χ2v) is 4.37. The van der Waals surface area contributed by atoms with Gasteiger partial charge < -0.3 is 14.4 Å². The van der Waals surface area contributed by atoms with Crippen molar-refractivity contribution in [3.8, 4) is 0 Å². The van der Waals surface area contributed by atoms with Gasteiger partial charge in [-0.2, -0.15) is 0 Å². The molecule has 1 heterocycles. The highest BCUT2D eigenvalue weighted by Gasteiger charge is 2.19. The summed E-state index contributed by atoms with van der Waals surface area (Å²) in [6, 6.07) is 1.55. The number of hydrogen-bond donors (Lipinski definition) is 0. The van der Waals surface area contributed by atoms with Crippen molar-refractivity contribution < 1.29 is 19.1 Å². The summed E-state index contributed by atoms with van der Waals surface area (Å²) in [4.78, 5) is 28.9. The maximum Gasteiger partial charge on any atom is 0.307 e. The first-order chi connectivity index (χ1) is 9.60. The van der Waals surface area contributed by atoms with Gasteiger partial charge in [-0.25, -0.2) is 0 Å². The lowest BCUT2D eigenvalue weighted by Gasteiger charge is -2.22. The van der Waals surface area contributed by atoms with E-state index in [0.29, 0.717) is 23.7 Å².